The molecule has 0 saturated carbocycles. The second kappa shape index (κ2) is 6.32. The van der Waals surface area contributed by atoms with Gasteiger partial charge in [-0.2, -0.15) is 0 Å². The molecule has 1 aliphatic rings. The molecule has 2 aromatic carbocycles. The molecule has 4 nitrogen and oxygen atoms in total. The maximum Gasteiger partial charge on any atom is 0.121 e. The summed E-state index contributed by atoms with van der Waals surface area (Å²) < 4.78 is 5.91. The molecular weight excluding hydrogens is 310 g/mol. The number of morpholine rings is 1. The van der Waals surface area contributed by atoms with E-state index in [2.05, 4.69) is 20.9 Å². The van der Waals surface area contributed by atoms with Gasteiger partial charge in [-0.1, -0.05) is 41.9 Å². The van der Waals surface area contributed by atoms with Crippen LogP contribution < -0.4 is 0 Å². The third kappa shape index (κ3) is 3.11. The molecule has 23 heavy (non-hydrogen) atoms. The number of nitrogens with one attached hydrogen (secondary N) is 1. The van der Waals surface area contributed by atoms with Crippen LogP contribution in [0.5, 0.6) is 0 Å². The Morgan fingerprint density at radius 1 is 1.17 bits per heavy atom. The van der Waals surface area contributed by atoms with E-state index in [0.29, 0.717) is 6.61 Å². The number of aromatic amines is 1. The summed E-state index contributed by atoms with van der Waals surface area (Å²) in [5.41, 5.74) is 3.15. The monoisotopic (exact) mass is 327 g/mol. The first kappa shape index (κ1) is 14.7. The predicted octanol–water partition coefficient (Wildman–Crippen LogP) is 3.79. The highest BCUT2D eigenvalue weighted by Gasteiger charge is 2.24. The molecule has 5 heteroatoms. The quantitative estimate of drug-likeness (QED) is 0.795. The fourth-order valence-electron chi connectivity index (χ4n) is 3.06. The van der Waals surface area contributed by atoms with Crippen LogP contribution >= 0.6 is 11.6 Å². The van der Waals surface area contributed by atoms with Gasteiger partial charge in [0, 0.05) is 23.7 Å². The van der Waals surface area contributed by atoms with Crippen LogP contribution in [0.1, 0.15) is 17.5 Å². The number of hydrogen-bond acceptors (Lipinski definition) is 3. The topological polar surface area (TPSA) is 41.2 Å². The number of hydrogen-bond donors (Lipinski definition) is 1. The fraction of sp³-hybridized carbons (Fsp3) is 0.278. The highest BCUT2D eigenvalue weighted by atomic mass is 35.5. The van der Waals surface area contributed by atoms with Crippen LogP contribution in [0.4, 0.5) is 0 Å². The second-order valence-electron chi connectivity index (χ2n) is 5.82. The molecule has 1 unspecified atom stereocenters. The van der Waals surface area contributed by atoms with Crippen LogP contribution in [-0.2, 0) is 11.3 Å². The highest BCUT2D eigenvalue weighted by Crippen LogP contribution is 2.28. The Hall–Kier alpha value is -1.88. The number of halogens is 1. The SMILES string of the molecule is Clc1ccccc1C1CN(Cc2nc3ccccc3[nH]2)CCO1. The summed E-state index contributed by atoms with van der Waals surface area (Å²) in [7, 11) is 0. The van der Waals surface area contributed by atoms with Gasteiger partial charge in [0.15, 0.2) is 0 Å². The first-order chi connectivity index (χ1) is 11.3. The molecule has 118 valence electrons. The molecule has 0 bridgehead atoms. The van der Waals surface area contributed by atoms with Gasteiger partial charge in [0.05, 0.1) is 30.3 Å². The Bertz CT molecular complexity index is 784. The van der Waals surface area contributed by atoms with Crippen LogP contribution in [0.2, 0.25) is 5.02 Å². The number of rotatable bonds is 3. The molecule has 1 aromatic heterocycles. The van der Waals surface area contributed by atoms with Crippen LogP contribution in [-0.4, -0.2) is 34.6 Å². The molecule has 1 aliphatic heterocycles. The first-order valence-corrected chi connectivity index (χ1v) is 8.19. The predicted molar refractivity (Wildman–Crippen MR) is 91.5 cm³/mol. The van der Waals surface area contributed by atoms with Crippen LogP contribution in [0.15, 0.2) is 48.5 Å². The highest BCUT2D eigenvalue weighted by molar-refractivity contribution is 6.31. The van der Waals surface area contributed by atoms with Crippen molar-refractivity contribution in [3.63, 3.8) is 0 Å². The Morgan fingerprint density at radius 2 is 2.00 bits per heavy atom. The third-order valence-electron chi connectivity index (χ3n) is 4.21. The lowest BCUT2D eigenvalue weighted by atomic mass is 10.1. The average molecular weight is 328 g/mol. The normalized spacial score (nSPS) is 19.3. The summed E-state index contributed by atoms with van der Waals surface area (Å²) in [5.74, 6) is 0.992. The average Bonchev–Trinajstić information content (AvgIpc) is 2.97. The number of aromatic nitrogens is 2. The minimum Gasteiger partial charge on any atom is -0.371 e. The molecule has 1 fully saturated rings. The van der Waals surface area contributed by atoms with E-state index in [-0.39, 0.29) is 6.10 Å². The number of nitrogens with zero attached hydrogens (tertiary/aromatic N) is 2. The van der Waals surface area contributed by atoms with Crippen LogP contribution in [0.25, 0.3) is 11.0 Å². The second-order valence-corrected chi connectivity index (χ2v) is 6.22. The van der Waals surface area contributed by atoms with Crippen molar-refractivity contribution in [3.8, 4) is 0 Å². The van der Waals surface area contributed by atoms with Gasteiger partial charge >= 0.3 is 0 Å². The van der Waals surface area contributed by atoms with Gasteiger partial charge < -0.3 is 9.72 Å². The van der Waals surface area contributed by atoms with Gasteiger partial charge in [-0.15, -0.1) is 0 Å². The Labute approximate surface area is 140 Å². The summed E-state index contributed by atoms with van der Waals surface area (Å²) >= 11 is 6.30. The maximum absolute atomic E-state index is 6.30. The van der Waals surface area contributed by atoms with E-state index in [0.717, 1.165) is 47.1 Å². The molecule has 1 N–H and O–H groups in total. The molecule has 1 atom stereocenters. The van der Waals surface area contributed by atoms with Crippen molar-refractivity contribution in [2.24, 2.45) is 0 Å². The van der Waals surface area contributed by atoms with Gasteiger partial charge in [0.25, 0.3) is 0 Å². The third-order valence-corrected chi connectivity index (χ3v) is 4.56. The van der Waals surface area contributed by atoms with Crippen molar-refractivity contribution < 1.29 is 4.74 Å². The number of fused-ring (bicyclic) bond motifs is 1. The largest absolute Gasteiger partial charge is 0.371 e. The van der Waals surface area contributed by atoms with Crippen LogP contribution in [0, 0.1) is 0 Å². The molecule has 0 amide bonds. The Balaban J connectivity index is 1.50. The maximum atomic E-state index is 6.30. The van der Waals surface area contributed by atoms with E-state index >= 15 is 0 Å². The molecule has 0 spiro atoms. The molecule has 3 aromatic rings. The zero-order chi connectivity index (χ0) is 15.6. The zero-order valence-corrected chi connectivity index (χ0v) is 13.5. The minimum absolute atomic E-state index is 0.0156. The lowest BCUT2D eigenvalue weighted by Gasteiger charge is -2.32. The van der Waals surface area contributed by atoms with Crippen molar-refractivity contribution in [1.82, 2.24) is 14.9 Å². The van der Waals surface area contributed by atoms with Gasteiger partial charge in [-0.3, -0.25) is 4.90 Å². The van der Waals surface area contributed by atoms with Gasteiger partial charge in [0.2, 0.25) is 0 Å². The van der Waals surface area contributed by atoms with E-state index in [4.69, 9.17) is 16.3 Å². The molecule has 0 aliphatic carbocycles. The summed E-state index contributed by atoms with van der Waals surface area (Å²) in [6.45, 7) is 3.22. The summed E-state index contributed by atoms with van der Waals surface area (Å²) in [6, 6.07) is 16.0. The van der Waals surface area contributed by atoms with E-state index in [1.807, 2.05) is 42.5 Å². The first-order valence-electron chi connectivity index (χ1n) is 7.81. The number of H-pyrrole nitrogens is 1. The Morgan fingerprint density at radius 3 is 2.87 bits per heavy atom. The summed E-state index contributed by atoms with van der Waals surface area (Å²) in [4.78, 5) is 10.4. The number of imidazole rings is 1. The Kier molecular flexibility index (Phi) is 4.04. The molecule has 2 heterocycles. The van der Waals surface area contributed by atoms with Gasteiger partial charge in [-0.25, -0.2) is 4.98 Å². The van der Waals surface area contributed by atoms with Crippen molar-refractivity contribution in [2.75, 3.05) is 19.7 Å². The van der Waals surface area contributed by atoms with Gasteiger partial charge in [-0.05, 0) is 18.2 Å². The van der Waals surface area contributed by atoms with Crippen molar-refractivity contribution in [2.45, 2.75) is 12.6 Å². The van der Waals surface area contributed by atoms with Crippen molar-refractivity contribution >= 4 is 22.6 Å². The minimum atomic E-state index is 0.0156. The number of benzene rings is 2. The zero-order valence-electron chi connectivity index (χ0n) is 12.7. The smallest absolute Gasteiger partial charge is 0.121 e. The lowest BCUT2D eigenvalue weighted by Crippen LogP contribution is -2.38. The van der Waals surface area contributed by atoms with E-state index in [1.165, 1.54) is 0 Å². The molecule has 4 rings (SSSR count). The standard InChI is InChI=1S/C18H18ClN3O/c19-14-6-2-1-5-13(14)17-11-22(9-10-23-17)12-18-20-15-7-3-4-8-16(15)21-18/h1-8,17H,9-12H2,(H,20,21). The summed E-state index contributed by atoms with van der Waals surface area (Å²) in [5, 5.41) is 0.767. The lowest BCUT2D eigenvalue weighted by molar-refractivity contribution is -0.0335. The molecular formula is C18H18ClN3O. The van der Waals surface area contributed by atoms with Crippen molar-refractivity contribution in [3.05, 3.63) is 64.9 Å². The number of para-hydroxylation sites is 2. The van der Waals surface area contributed by atoms with Crippen LogP contribution in [0.3, 0.4) is 0 Å². The fourth-order valence-corrected chi connectivity index (χ4v) is 3.32. The molecule has 0 radical (unpaired) electrons. The number of ether oxygens (including phenoxy) is 1. The van der Waals surface area contributed by atoms with Crippen molar-refractivity contribution in [1.29, 1.82) is 0 Å². The van der Waals surface area contributed by atoms with Gasteiger partial charge in [0.1, 0.15) is 5.82 Å². The van der Waals surface area contributed by atoms with E-state index in [9.17, 15) is 0 Å². The summed E-state index contributed by atoms with van der Waals surface area (Å²) in [6.07, 6.45) is 0.0156. The molecule has 1 saturated heterocycles. The van der Waals surface area contributed by atoms with E-state index in [1.54, 1.807) is 0 Å². The van der Waals surface area contributed by atoms with E-state index < -0.39 is 0 Å².